The topological polar surface area (TPSA) is 38.3 Å². The van der Waals surface area contributed by atoms with Gasteiger partial charge >= 0.3 is 0 Å². The second-order valence-corrected chi connectivity index (χ2v) is 6.55. The van der Waals surface area contributed by atoms with Crippen LogP contribution in [0.3, 0.4) is 0 Å². The Bertz CT molecular complexity index is 913. The first-order valence-corrected chi connectivity index (χ1v) is 8.87. The molecule has 0 heterocycles. The summed E-state index contributed by atoms with van der Waals surface area (Å²) in [5.41, 5.74) is 2.71. The highest BCUT2D eigenvalue weighted by Gasteiger charge is 2.17. The molecule has 5 heteroatoms. The molecule has 0 spiro atoms. The zero-order valence-electron chi connectivity index (χ0n) is 14.1. The summed E-state index contributed by atoms with van der Waals surface area (Å²) in [6.07, 6.45) is -0.698. The monoisotopic (exact) mass is 385 g/mol. The lowest BCUT2D eigenvalue weighted by atomic mass is 10.0. The molecule has 0 aliphatic carbocycles. The van der Waals surface area contributed by atoms with Gasteiger partial charge in [-0.2, -0.15) is 0 Å². The lowest BCUT2D eigenvalue weighted by molar-refractivity contribution is -0.122. The van der Waals surface area contributed by atoms with Gasteiger partial charge in [-0.25, -0.2) is 0 Å². The van der Waals surface area contributed by atoms with Crippen molar-refractivity contribution in [3.63, 3.8) is 0 Å². The van der Waals surface area contributed by atoms with Crippen LogP contribution in [0.5, 0.6) is 5.75 Å². The van der Waals surface area contributed by atoms with E-state index >= 15 is 0 Å². The molecule has 0 aliphatic rings. The molecule has 3 aromatic rings. The van der Waals surface area contributed by atoms with E-state index in [2.05, 4.69) is 5.32 Å². The molecule has 0 bridgehead atoms. The highest BCUT2D eigenvalue weighted by molar-refractivity contribution is 6.42. The Hall–Kier alpha value is -2.49. The summed E-state index contributed by atoms with van der Waals surface area (Å²) in [7, 11) is 0. The molecule has 1 N–H and O–H groups in total. The van der Waals surface area contributed by atoms with Gasteiger partial charge in [0.15, 0.2) is 6.10 Å². The lowest BCUT2D eigenvalue weighted by Crippen LogP contribution is -2.30. The van der Waals surface area contributed by atoms with Crippen LogP contribution in [0.15, 0.2) is 72.8 Å². The van der Waals surface area contributed by atoms with Crippen molar-refractivity contribution in [2.45, 2.75) is 13.0 Å². The number of amides is 1. The van der Waals surface area contributed by atoms with Crippen molar-refractivity contribution >= 4 is 34.8 Å². The smallest absolute Gasteiger partial charge is 0.265 e. The molecule has 132 valence electrons. The first-order chi connectivity index (χ1) is 12.5. The highest BCUT2D eigenvalue weighted by atomic mass is 35.5. The van der Waals surface area contributed by atoms with E-state index in [-0.39, 0.29) is 5.91 Å². The van der Waals surface area contributed by atoms with Crippen LogP contribution >= 0.6 is 23.2 Å². The van der Waals surface area contributed by atoms with Crippen molar-refractivity contribution in [2.24, 2.45) is 0 Å². The molecule has 0 radical (unpaired) electrons. The minimum atomic E-state index is -0.698. The molecule has 1 atom stereocenters. The number of para-hydroxylation sites is 1. The number of nitrogens with one attached hydrogen (secondary N) is 1. The Morgan fingerprint density at radius 2 is 1.62 bits per heavy atom. The number of anilines is 1. The summed E-state index contributed by atoms with van der Waals surface area (Å²) in [6.45, 7) is 1.68. The fourth-order valence-electron chi connectivity index (χ4n) is 2.50. The van der Waals surface area contributed by atoms with Gasteiger partial charge in [-0.1, -0.05) is 71.7 Å². The average molecular weight is 386 g/mol. The Labute approximate surface area is 162 Å². The molecule has 1 amide bonds. The fourth-order valence-corrected chi connectivity index (χ4v) is 2.79. The quantitative estimate of drug-likeness (QED) is 0.578. The molecule has 0 unspecified atom stereocenters. The van der Waals surface area contributed by atoms with E-state index in [4.69, 9.17) is 27.9 Å². The standard InChI is InChI=1S/C21H17Cl2NO2/c1-14(26-16-11-12-18(22)19(23)13-16)21(25)24-20-10-6-5-9-17(20)15-7-3-2-4-8-15/h2-14H,1H3,(H,24,25)/t14-/m1/s1. The SMILES string of the molecule is C[C@@H](Oc1ccc(Cl)c(Cl)c1)C(=O)Nc1ccccc1-c1ccccc1. The van der Waals surface area contributed by atoms with Crippen LogP contribution in [0.25, 0.3) is 11.1 Å². The molecule has 3 rings (SSSR count). The van der Waals surface area contributed by atoms with E-state index in [1.54, 1.807) is 25.1 Å². The Morgan fingerprint density at radius 1 is 0.923 bits per heavy atom. The van der Waals surface area contributed by atoms with E-state index < -0.39 is 6.10 Å². The molecule has 0 fully saturated rings. The van der Waals surface area contributed by atoms with E-state index in [0.29, 0.717) is 15.8 Å². The second-order valence-electron chi connectivity index (χ2n) is 5.74. The molecule has 0 aromatic heterocycles. The van der Waals surface area contributed by atoms with Gasteiger partial charge < -0.3 is 10.1 Å². The zero-order valence-corrected chi connectivity index (χ0v) is 15.6. The Kier molecular flexibility index (Phi) is 5.82. The fraction of sp³-hybridized carbons (Fsp3) is 0.0952. The van der Waals surface area contributed by atoms with Crippen molar-refractivity contribution in [1.29, 1.82) is 0 Å². The number of carbonyl (C=O) groups excluding carboxylic acids is 1. The van der Waals surface area contributed by atoms with Gasteiger partial charge in [-0.05, 0) is 30.7 Å². The maximum absolute atomic E-state index is 12.6. The third-order valence-electron chi connectivity index (χ3n) is 3.84. The van der Waals surface area contributed by atoms with Crippen molar-refractivity contribution in [1.82, 2.24) is 0 Å². The Morgan fingerprint density at radius 3 is 2.35 bits per heavy atom. The molecule has 0 saturated heterocycles. The molecular weight excluding hydrogens is 369 g/mol. The summed E-state index contributed by atoms with van der Waals surface area (Å²) < 4.78 is 5.67. The highest BCUT2D eigenvalue weighted by Crippen LogP contribution is 2.29. The third-order valence-corrected chi connectivity index (χ3v) is 4.58. The number of benzene rings is 3. The van der Waals surface area contributed by atoms with Gasteiger partial charge in [0, 0.05) is 17.3 Å². The van der Waals surface area contributed by atoms with Gasteiger partial charge in [0.05, 0.1) is 10.0 Å². The average Bonchev–Trinajstić information content (AvgIpc) is 2.66. The van der Waals surface area contributed by atoms with Gasteiger partial charge in [0.1, 0.15) is 5.75 Å². The summed E-state index contributed by atoms with van der Waals surface area (Å²) in [5.74, 6) is 0.234. The number of carbonyl (C=O) groups is 1. The van der Waals surface area contributed by atoms with Crippen LogP contribution in [0, 0.1) is 0 Å². The second kappa shape index (κ2) is 8.26. The zero-order chi connectivity index (χ0) is 18.5. The van der Waals surface area contributed by atoms with Crippen molar-refractivity contribution < 1.29 is 9.53 Å². The summed E-state index contributed by atoms with van der Waals surface area (Å²) in [4.78, 5) is 12.6. The number of halogens is 2. The minimum absolute atomic E-state index is 0.251. The van der Waals surface area contributed by atoms with E-state index in [0.717, 1.165) is 16.8 Å². The van der Waals surface area contributed by atoms with E-state index in [9.17, 15) is 4.79 Å². The summed E-state index contributed by atoms with van der Waals surface area (Å²) in [5, 5.41) is 3.75. The summed E-state index contributed by atoms with van der Waals surface area (Å²) in [6, 6.07) is 22.4. The normalized spacial score (nSPS) is 11.7. The van der Waals surface area contributed by atoms with Crippen LogP contribution in [0.4, 0.5) is 5.69 Å². The maximum atomic E-state index is 12.6. The van der Waals surface area contributed by atoms with E-state index in [1.165, 1.54) is 0 Å². The van der Waals surface area contributed by atoms with Crippen LogP contribution in [-0.4, -0.2) is 12.0 Å². The van der Waals surface area contributed by atoms with Crippen LogP contribution in [0.1, 0.15) is 6.92 Å². The number of hydrogen-bond acceptors (Lipinski definition) is 2. The minimum Gasteiger partial charge on any atom is -0.481 e. The molecule has 0 aliphatic heterocycles. The molecule has 3 aromatic carbocycles. The predicted octanol–water partition coefficient (Wildman–Crippen LogP) is 6.07. The third kappa shape index (κ3) is 4.37. The summed E-state index contributed by atoms with van der Waals surface area (Å²) >= 11 is 11.9. The first-order valence-electron chi connectivity index (χ1n) is 8.11. The van der Waals surface area contributed by atoms with Gasteiger partial charge in [-0.15, -0.1) is 0 Å². The first kappa shape index (κ1) is 18.3. The van der Waals surface area contributed by atoms with Crippen LogP contribution in [0.2, 0.25) is 10.0 Å². The van der Waals surface area contributed by atoms with Crippen molar-refractivity contribution in [2.75, 3.05) is 5.32 Å². The number of hydrogen-bond donors (Lipinski definition) is 1. The predicted molar refractivity (Wildman–Crippen MR) is 107 cm³/mol. The van der Waals surface area contributed by atoms with Crippen LogP contribution in [-0.2, 0) is 4.79 Å². The van der Waals surface area contributed by atoms with Crippen LogP contribution < -0.4 is 10.1 Å². The molecular formula is C21H17Cl2NO2. The van der Waals surface area contributed by atoms with Gasteiger partial charge in [0.2, 0.25) is 0 Å². The molecule has 26 heavy (non-hydrogen) atoms. The van der Waals surface area contributed by atoms with E-state index in [1.807, 2.05) is 54.6 Å². The van der Waals surface area contributed by atoms with Crippen molar-refractivity contribution in [3.8, 4) is 16.9 Å². The largest absolute Gasteiger partial charge is 0.481 e. The lowest BCUT2D eigenvalue weighted by Gasteiger charge is -2.17. The van der Waals surface area contributed by atoms with Gasteiger partial charge in [-0.3, -0.25) is 4.79 Å². The maximum Gasteiger partial charge on any atom is 0.265 e. The molecule has 0 saturated carbocycles. The van der Waals surface area contributed by atoms with Crippen molar-refractivity contribution in [3.05, 3.63) is 82.8 Å². The number of rotatable bonds is 5. The molecule has 3 nitrogen and oxygen atoms in total. The Balaban J connectivity index is 1.74. The number of ether oxygens (including phenoxy) is 1. The van der Waals surface area contributed by atoms with Gasteiger partial charge in [0.25, 0.3) is 5.91 Å².